The predicted molar refractivity (Wildman–Crippen MR) is 178 cm³/mol. The number of fused-ring (bicyclic) bond motifs is 3. The number of hydrogen-bond donors (Lipinski definition) is 2. The summed E-state index contributed by atoms with van der Waals surface area (Å²) in [4.78, 5) is 23.4. The molecule has 0 atom stereocenters. The van der Waals surface area contributed by atoms with E-state index < -0.39 is 10.2 Å². The highest BCUT2D eigenvalue weighted by molar-refractivity contribution is 7.82. The van der Waals surface area contributed by atoms with Gasteiger partial charge in [-0.3, -0.25) is 9.59 Å². The predicted octanol–water partition coefficient (Wildman–Crippen LogP) is 6.84. The summed E-state index contributed by atoms with van der Waals surface area (Å²) in [6, 6.07) is 31.5. The van der Waals surface area contributed by atoms with Crippen LogP contribution in [0.25, 0.3) is 11.1 Å². The Hall–Kier alpha value is -3.88. The second kappa shape index (κ2) is 13.4. The number of thiol groups is 2. The van der Waals surface area contributed by atoms with Crippen molar-refractivity contribution in [2.24, 2.45) is 0 Å². The third-order valence-electron chi connectivity index (χ3n) is 7.67. The van der Waals surface area contributed by atoms with Crippen molar-refractivity contribution in [3.05, 3.63) is 119 Å². The standard InChI is InChI=1S/C36H36O6S2/c1-24-22-26(14-17-32(24)40-19-20-41-33(37)23-43)36(30-10-6-4-8-28(30)29-9-5-7-11-31(29)36)25-12-15-27(16-13-25)39-18-21-42-34(38)35(2,3)44/h4-17,22,43-44H,18-21,23H2,1-3H3. The van der Waals surface area contributed by atoms with Gasteiger partial charge in [0.2, 0.25) is 0 Å². The van der Waals surface area contributed by atoms with Crippen molar-refractivity contribution < 1.29 is 28.5 Å². The fraction of sp³-hybridized carbons (Fsp3) is 0.278. The van der Waals surface area contributed by atoms with E-state index in [4.69, 9.17) is 18.9 Å². The van der Waals surface area contributed by atoms with Gasteiger partial charge in [-0.1, -0.05) is 72.8 Å². The highest BCUT2D eigenvalue weighted by Gasteiger charge is 2.46. The molecule has 6 nitrogen and oxygen atoms in total. The fourth-order valence-electron chi connectivity index (χ4n) is 5.69. The van der Waals surface area contributed by atoms with Crippen molar-refractivity contribution >= 4 is 37.2 Å². The third kappa shape index (κ3) is 6.33. The van der Waals surface area contributed by atoms with Crippen LogP contribution in [0.1, 0.15) is 41.7 Å². The molecule has 0 fully saturated rings. The minimum Gasteiger partial charge on any atom is -0.490 e. The Morgan fingerprint density at radius 3 is 1.89 bits per heavy atom. The van der Waals surface area contributed by atoms with Crippen molar-refractivity contribution in [2.45, 2.75) is 30.9 Å². The smallest absolute Gasteiger partial charge is 0.321 e. The zero-order valence-electron chi connectivity index (χ0n) is 25.0. The van der Waals surface area contributed by atoms with Crippen LogP contribution in [-0.2, 0) is 24.5 Å². The summed E-state index contributed by atoms with van der Waals surface area (Å²) in [6.07, 6.45) is 0. The quantitative estimate of drug-likeness (QED) is 0.0896. The first kappa shape index (κ1) is 31.5. The molecule has 0 radical (unpaired) electrons. The van der Waals surface area contributed by atoms with Gasteiger partial charge < -0.3 is 18.9 Å². The normalized spacial score (nSPS) is 13.0. The maximum Gasteiger partial charge on any atom is 0.321 e. The zero-order chi connectivity index (χ0) is 31.3. The Labute approximate surface area is 269 Å². The summed E-state index contributed by atoms with van der Waals surface area (Å²) >= 11 is 8.19. The molecule has 0 heterocycles. The number of hydrogen-bond acceptors (Lipinski definition) is 8. The highest BCUT2D eigenvalue weighted by Crippen LogP contribution is 2.56. The first-order valence-corrected chi connectivity index (χ1v) is 15.6. The van der Waals surface area contributed by atoms with Crippen LogP contribution < -0.4 is 9.47 Å². The molecule has 0 spiro atoms. The minimum absolute atomic E-state index is 0.0379. The van der Waals surface area contributed by atoms with Gasteiger partial charge in [0, 0.05) is 0 Å². The number of ether oxygens (including phenoxy) is 4. The van der Waals surface area contributed by atoms with E-state index in [0.717, 1.165) is 22.4 Å². The van der Waals surface area contributed by atoms with E-state index in [-0.39, 0.29) is 44.1 Å². The van der Waals surface area contributed by atoms with Crippen molar-refractivity contribution in [1.82, 2.24) is 0 Å². The van der Waals surface area contributed by atoms with E-state index in [1.165, 1.54) is 22.3 Å². The topological polar surface area (TPSA) is 71.1 Å². The average molecular weight is 629 g/mol. The van der Waals surface area contributed by atoms with Gasteiger partial charge in [0.15, 0.2) is 0 Å². The average Bonchev–Trinajstić information content (AvgIpc) is 3.33. The number of aryl methyl sites for hydroxylation is 1. The molecule has 8 heteroatoms. The van der Waals surface area contributed by atoms with Crippen molar-refractivity contribution in [3.8, 4) is 22.6 Å². The van der Waals surface area contributed by atoms with Gasteiger partial charge in [-0.05, 0) is 77.9 Å². The first-order chi connectivity index (χ1) is 21.2. The highest BCUT2D eigenvalue weighted by atomic mass is 32.1. The van der Waals surface area contributed by atoms with E-state index in [2.05, 4.69) is 98.1 Å². The van der Waals surface area contributed by atoms with Crippen LogP contribution in [0.5, 0.6) is 11.5 Å². The minimum atomic E-state index is -0.854. The van der Waals surface area contributed by atoms with Gasteiger partial charge in [-0.15, -0.1) is 0 Å². The van der Waals surface area contributed by atoms with Crippen LogP contribution >= 0.6 is 25.3 Å². The SMILES string of the molecule is Cc1cc(C2(c3ccc(OCCOC(=O)C(C)(C)S)cc3)c3ccccc3-c3ccccc32)ccc1OCCOC(=O)CS. The molecular formula is C36H36O6S2. The van der Waals surface area contributed by atoms with Crippen molar-refractivity contribution in [1.29, 1.82) is 0 Å². The Kier molecular flexibility index (Phi) is 9.61. The van der Waals surface area contributed by atoms with Gasteiger partial charge in [-0.25, -0.2) is 0 Å². The molecule has 228 valence electrons. The van der Waals surface area contributed by atoms with Gasteiger partial charge in [0.05, 0.1) is 11.2 Å². The molecule has 0 amide bonds. The molecule has 1 aliphatic carbocycles. The molecule has 5 rings (SSSR count). The summed E-state index contributed by atoms with van der Waals surface area (Å²) in [7, 11) is 0. The largest absolute Gasteiger partial charge is 0.490 e. The molecule has 44 heavy (non-hydrogen) atoms. The monoisotopic (exact) mass is 628 g/mol. The van der Waals surface area contributed by atoms with Crippen LogP contribution in [-0.4, -0.2) is 48.9 Å². The fourth-order valence-corrected chi connectivity index (χ4v) is 5.85. The molecule has 0 unspecified atom stereocenters. The lowest BCUT2D eigenvalue weighted by Gasteiger charge is -2.34. The number of benzene rings is 4. The molecule has 0 N–H and O–H groups in total. The summed E-state index contributed by atoms with van der Waals surface area (Å²) in [5.74, 6) is 0.695. The van der Waals surface area contributed by atoms with Crippen LogP contribution in [0, 0.1) is 6.92 Å². The number of rotatable bonds is 12. The number of esters is 2. The maximum absolute atomic E-state index is 12.0. The van der Waals surface area contributed by atoms with E-state index in [0.29, 0.717) is 5.75 Å². The molecule has 4 aromatic rings. The van der Waals surface area contributed by atoms with Gasteiger partial charge in [-0.2, -0.15) is 25.3 Å². The number of carbonyl (C=O) groups excluding carboxylic acids is 2. The molecule has 1 aliphatic rings. The van der Waals surface area contributed by atoms with Crippen LogP contribution in [0.2, 0.25) is 0 Å². The molecule has 0 aromatic heterocycles. The first-order valence-electron chi connectivity index (χ1n) is 14.5. The molecular weight excluding hydrogens is 593 g/mol. The summed E-state index contributed by atoms with van der Waals surface area (Å²) < 4.78 is 21.4. The number of carbonyl (C=O) groups is 2. The Balaban J connectivity index is 1.47. The third-order valence-corrected chi connectivity index (χ3v) is 8.11. The van der Waals surface area contributed by atoms with Crippen LogP contribution in [0.3, 0.4) is 0 Å². The van der Waals surface area contributed by atoms with Gasteiger partial charge in [0.1, 0.15) is 42.7 Å². The van der Waals surface area contributed by atoms with E-state index in [1.807, 2.05) is 25.1 Å². The Morgan fingerprint density at radius 1 is 0.727 bits per heavy atom. The van der Waals surface area contributed by atoms with Crippen LogP contribution in [0.15, 0.2) is 91.0 Å². The molecule has 0 bridgehead atoms. The lowest BCUT2D eigenvalue weighted by molar-refractivity contribution is -0.146. The van der Waals surface area contributed by atoms with E-state index >= 15 is 0 Å². The second-order valence-corrected chi connectivity index (χ2v) is 12.6. The maximum atomic E-state index is 12.0. The van der Waals surface area contributed by atoms with E-state index in [1.54, 1.807) is 13.8 Å². The summed E-state index contributed by atoms with van der Waals surface area (Å²) in [5, 5.41) is 0. The Morgan fingerprint density at radius 2 is 1.30 bits per heavy atom. The lowest BCUT2D eigenvalue weighted by atomic mass is 9.67. The summed E-state index contributed by atoms with van der Waals surface area (Å²) in [5.41, 5.74) is 7.38. The zero-order valence-corrected chi connectivity index (χ0v) is 26.8. The van der Waals surface area contributed by atoms with E-state index in [9.17, 15) is 9.59 Å². The van der Waals surface area contributed by atoms with Crippen molar-refractivity contribution in [2.75, 3.05) is 32.2 Å². The molecule has 0 saturated carbocycles. The summed E-state index contributed by atoms with van der Waals surface area (Å²) in [6.45, 7) is 6.21. The van der Waals surface area contributed by atoms with Crippen molar-refractivity contribution in [3.63, 3.8) is 0 Å². The molecule has 0 saturated heterocycles. The van der Waals surface area contributed by atoms with Gasteiger partial charge >= 0.3 is 11.9 Å². The molecule has 4 aromatic carbocycles. The molecule has 0 aliphatic heterocycles. The second-order valence-electron chi connectivity index (χ2n) is 11.1. The lowest BCUT2D eigenvalue weighted by Crippen LogP contribution is -2.29. The van der Waals surface area contributed by atoms with Gasteiger partial charge in [0.25, 0.3) is 0 Å². The Bertz CT molecular complexity index is 1600. The van der Waals surface area contributed by atoms with Crippen LogP contribution in [0.4, 0.5) is 0 Å².